The number of H-pyrrole nitrogens is 1. The van der Waals surface area contributed by atoms with Gasteiger partial charge in [-0.25, -0.2) is 4.98 Å². The van der Waals surface area contributed by atoms with Crippen LogP contribution in [-0.4, -0.2) is 9.97 Å². The van der Waals surface area contributed by atoms with Crippen molar-refractivity contribution in [3.05, 3.63) is 41.9 Å². The molecule has 3 heteroatoms. The average molecular weight is 229 g/mol. The Labute approximate surface area is 102 Å². The molecule has 2 aromatic rings. The van der Waals surface area contributed by atoms with Crippen LogP contribution in [-0.2, 0) is 5.54 Å². The molecule has 1 heterocycles. The molecular weight excluding hydrogens is 210 g/mol. The lowest BCUT2D eigenvalue weighted by Gasteiger charge is -2.19. The Morgan fingerprint density at radius 2 is 2.06 bits per heavy atom. The molecule has 3 N–H and O–H groups in total. The van der Waals surface area contributed by atoms with Gasteiger partial charge in [-0.2, -0.15) is 0 Å². The molecule has 0 aliphatic carbocycles. The van der Waals surface area contributed by atoms with E-state index in [0.717, 1.165) is 17.9 Å². The molecule has 0 aliphatic heterocycles. The number of aryl methyl sites for hydroxylation is 1. The van der Waals surface area contributed by atoms with E-state index < -0.39 is 0 Å². The molecule has 1 aromatic carbocycles. The first-order valence-electron chi connectivity index (χ1n) is 5.95. The fourth-order valence-electron chi connectivity index (χ4n) is 1.79. The van der Waals surface area contributed by atoms with Gasteiger partial charge in [-0.15, -0.1) is 0 Å². The smallest absolute Gasteiger partial charge is 0.126 e. The van der Waals surface area contributed by atoms with E-state index in [1.165, 1.54) is 11.1 Å². The van der Waals surface area contributed by atoms with Gasteiger partial charge in [0.05, 0.1) is 17.4 Å². The molecule has 0 fully saturated rings. The summed E-state index contributed by atoms with van der Waals surface area (Å²) in [6.07, 6.45) is 2.71. The normalized spacial score (nSPS) is 14.6. The third-order valence-corrected chi connectivity index (χ3v) is 3.29. The molecule has 0 saturated heterocycles. The fourth-order valence-corrected chi connectivity index (χ4v) is 1.79. The Bertz CT molecular complexity index is 512. The van der Waals surface area contributed by atoms with Crippen molar-refractivity contribution in [1.82, 2.24) is 9.97 Å². The van der Waals surface area contributed by atoms with Crippen molar-refractivity contribution < 1.29 is 0 Å². The molecule has 90 valence electrons. The summed E-state index contributed by atoms with van der Waals surface area (Å²) in [7, 11) is 0. The van der Waals surface area contributed by atoms with Gasteiger partial charge >= 0.3 is 0 Å². The van der Waals surface area contributed by atoms with E-state index >= 15 is 0 Å². The highest BCUT2D eigenvalue weighted by atomic mass is 15.0. The van der Waals surface area contributed by atoms with E-state index in [9.17, 15) is 0 Å². The van der Waals surface area contributed by atoms with Crippen molar-refractivity contribution in [2.24, 2.45) is 5.73 Å². The molecule has 0 aliphatic rings. The Kier molecular flexibility index (Phi) is 3.03. The van der Waals surface area contributed by atoms with Crippen LogP contribution in [0.2, 0.25) is 0 Å². The zero-order chi connectivity index (χ0) is 12.5. The van der Waals surface area contributed by atoms with Crippen molar-refractivity contribution in [2.45, 2.75) is 32.7 Å². The molecule has 17 heavy (non-hydrogen) atoms. The summed E-state index contributed by atoms with van der Waals surface area (Å²) in [4.78, 5) is 7.72. The van der Waals surface area contributed by atoms with Gasteiger partial charge < -0.3 is 10.7 Å². The topological polar surface area (TPSA) is 54.7 Å². The van der Waals surface area contributed by atoms with Gasteiger partial charge in [-0.05, 0) is 25.8 Å². The van der Waals surface area contributed by atoms with E-state index in [2.05, 4.69) is 35.9 Å². The van der Waals surface area contributed by atoms with Crippen LogP contribution >= 0.6 is 0 Å². The van der Waals surface area contributed by atoms with Gasteiger partial charge in [0.15, 0.2) is 0 Å². The van der Waals surface area contributed by atoms with Crippen molar-refractivity contribution in [1.29, 1.82) is 0 Å². The summed E-state index contributed by atoms with van der Waals surface area (Å²) in [5, 5.41) is 0. The number of rotatable bonds is 3. The SMILES string of the molecule is CCC(C)(N)c1ncc(-c2ccccc2C)[nH]1. The molecule has 3 nitrogen and oxygen atoms in total. The maximum Gasteiger partial charge on any atom is 0.126 e. The number of aromatic nitrogens is 2. The van der Waals surface area contributed by atoms with Crippen LogP contribution in [0.15, 0.2) is 30.5 Å². The summed E-state index contributed by atoms with van der Waals surface area (Å²) < 4.78 is 0. The van der Waals surface area contributed by atoms with Crippen molar-refractivity contribution in [3.8, 4) is 11.3 Å². The Balaban J connectivity index is 2.40. The number of aromatic amines is 1. The zero-order valence-corrected chi connectivity index (χ0v) is 10.6. The summed E-state index contributed by atoms with van der Waals surface area (Å²) in [5.41, 5.74) is 9.23. The molecule has 0 saturated carbocycles. The molecular formula is C14H19N3. The van der Waals surface area contributed by atoms with Crippen LogP contribution < -0.4 is 5.73 Å². The van der Waals surface area contributed by atoms with E-state index in [4.69, 9.17) is 5.73 Å². The van der Waals surface area contributed by atoms with E-state index in [1.807, 2.05) is 25.3 Å². The first-order valence-corrected chi connectivity index (χ1v) is 5.95. The molecule has 0 spiro atoms. The van der Waals surface area contributed by atoms with Gasteiger partial charge in [0.1, 0.15) is 5.82 Å². The lowest BCUT2D eigenvalue weighted by atomic mass is 10.00. The number of hydrogen-bond acceptors (Lipinski definition) is 2. The summed E-state index contributed by atoms with van der Waals surface area (Å²) in [6.45, 7) is 6.15. The quantitative estimate of drug-likeness (QED) is 0.850. The monoisotopic (exact) mass is 229 g/mol. The molecule has 0 bridgehead atoms. The van der Waals surface area contributed by atoms with Gasteiger partial charge in [0.25, 0.3) is 0 Å². The largest absolute Gasteiger partial charge is 0.340 e. The second-order valence-corrected chi connectivity index (χ2v) is 4.73. The molecule has 2 rings (SSSR count). The lowest BCUT2D eigenvalue weighted by Crippen LogP contribution is -2.33. The predicted molar refractivity (Wildman–Crippen MR) is 70.6 cm³/mol. The van der Waals surface area contributed by atoms with E-state index in [1.54, 1.807) is 0 Å². The highest BCUT2D eigenvalue weighted by Gasteiger charge is 2.22. The minimum absolute atomic E-state index is 0.388. The highest BCUT2D eigenvalue weighted by Crippen LogP contribution is 2.24. The van der Waals surface area contributed by atoms with Crippen LogP contribution in [0.3, 0.4) is 0 Å². The van der Waals surface area contributed by atoms with Crippen LogP contribution in [0, 0.1) is 6.92 Å². The van der Waals surface area contributed by atoms with Gasteiger partial charge in [0, 0.05) is 5.56 Å². The highest BCUT2D eigenvalue weighted by molar-refractivity contribution is 5.62. The first-order chi connectivity index (χ1) is 8.04. The average Bonchev–Trinajstić information content (AvgIpc) is 2.79. The van der Waals surface area contributed by atoms with Crippen molar-refractivity contribution in [3.63, 3.8) is 0 Å². The second-order valence-electron chi connectivity index (χ2n) is 4.73. The minimum atomic E-state index is -0.388. The molecule has 0 amide bonds. The van der Waals surface area contributed by atoms with E-state index in [0.29, 0.717) is 0 Å². The summed E-state index contributed by atoms with van der Waals surface area (Å²) in [6, 6.07) is 8.25. The van der Waals surface area contributed by atoms with E-state index in [-0.39, 0.29) is 5.54 Å². The third-order valence-electron chi connectivity index (χ3n) is 3.29. The number of nitrogens with zero attached hydrogens (tertiary/aromatic N) is 1. The predicted octanol–water partition coefficient (Wildman–Crippen LogP) is 2.97. The Morgan fingerprint density at radius 1 is 1.35 bits per heavy atom. The Morgan fingerprint density at radius 3 is 2.71 bits per heavy atom. The van der Waals surface area contributed by atoms with Crippen LogP contribution in [0.5, 0.6) is 0 Å². The minimum Gasteiger partial charge on any atom is -0.340 e. The molecule has 1 atom stereocenters. The maximum absolute atomic E-state index is 6.17. The lowest BCUT2D eigenvalue weighted by molar-refractivity contribution is 0.450. The number of nitrogens with two attached hydrogens (primary N) is 1. The Hall–Kier alpha value is -1.61. The standard InChI is InChI=1S/C14H19N3/c1-4-14(3,15)13-16-9-12(17-13)11-8-6-5-7-10(11)2/h5-9H,4,15H2,1-3H3,(H,16,17). The summed E-state index contributed by atoms with van der Waals surface area (Å²) >= 11 is 0. The van der Waals surface area contributed by atoms with Gasteiger partial charge in [-0.1, -0.05) is 31.2 Å². The maximum atomic E-state index is 6.17. The first kappa shape index (κ1) is 11.9. The second kappa shape index (κ2) is 4.34. The van der Waals surface area contributed by atoms with Gasteiger partial charge in [0.2, 0.25) is 0 Å². The molecule has 1 unspecified atom stereocenters. The number of nitrogens with one attached hydrogen (secondary N) is 1. The molecule has 1 aromatic heterocycles. The van der Waals surface area contributed by atoms with Gasteiger partial charge in [-0.3, -0.25) is 0 Å². The van der Waals surface area contributed by atoms with Crippen LogP contribution in [0.1, 0.15) is 31.7 Å². The molecule has 0 radical (unpaired) electrons. The number of hydrogen-bond donors (Lipinski definition) is 2. The van der Waals surface area contributed by atoms with Crippen LogP contribution in [0.4, 0.5) is 0 Å². The van der Waals surface area contributed by atoms with Crippen molar-refractivity contribution >= 4 is 0 Å². The summed E-state index contributed by atoms with van der Waals surface area (Å²) in [5.74, 6) is 0.846. The third kappa shape index (κ3) is 2.24. The van der Waals surface area contributed by atoms with Crippen molar-refractivity contribution in [2.75, 3.05) is 0 Å². The number of benzene rings is 1. The zero-order valence-electron chi connectivity index (χ0n) is 10.6. The number of imidazole rings is 1. The fraction of sp³-hybridized carbons (Fsp3) is 0.357. The van der Waals surface area contributed by atoms with Crippen LogP contribution in [0.25, 0.3) is 11.3 Å².